The standard InChI is InChI=1S/C23H19ClF3N3O3/c1-21(2)11-16-18(17(31)12-21)22(23(25,26)27,29-19(32)13-7-9-28-10-8-13)20(33)30(16)15-5-3-14(24)4-6-15/h3-10H,11-12H2,1-2H3,(H,29,32)/t22-/m0/s1. The van der Waals surface area contributed by atoms with Crippen LogP contribution in [0.25, 0.3) is 0 Å². The van der Waals surface area contributed by atoms with Crippen molar-refractivity contribution in [2.75, 3.05) is 4.90 Å². The second kappa shape index (κ2) is 7.69. The summed E-state index contributed by atoms with van der Waals surface area (Å²) in [5.74, 6) is -3.44. The van der Waals surface area contributed by atoms with E-state index in [-0.39, 0.29) is 29.8 Å². The summed E-state index contributed by atoms with van der Waals surface area (Å²) < 4.78 is 44.3. The number of nitrogens with zero attached hydrogens (tertiary/aromatic N) is 2. The fraction of sp³-hybridized carbons (Fsp3) is 0.304. The zero-order chi connectivity index (χ0) is 24.2. The molecular formula is C23H19ClF3N3O3. The fourth-order valence-electron chi connectivity index (χ4n) is 4.36. The Kier molecular flexibility index (Phi) is 5.35. The second-order valence-electron chi connectivity index (χ2n) is 8.82. The van der Waals surface area contributed by atoms with Gasteiger partial charge in [0.05, 0.1) is 5.57 Å². The van der Waals surface area contributed by atoms with E-state index < -0.39 is 40.3 Å². The van der Waals surface area contributed by atoms with Gasteiger partial charge in [-0.2, -0.15) is 13.2 Å². The van der Waals surface area contributed by atoms with Crippen LogP contribution in [0, 0.1) is 5.41 Å². The van der Waals surface area contributed by atoms with Gasteiger partial charge in [-0.15, -0.1) is 0 Å². The van der Waals surface area contributed by atoms with Gasteiger partial charge in [0.2, 0.25) is 5.54 Å². The first-order valence-electron chi connectivity index (χ1n) is 10.0. The molecule has 172 valence electrons. The number of Topliss-reactive ketones (excluding diaryl/α,β-unsaturated/α-hetero) is 1. The van der Waals surface area contributed by atoms with Crippen molar-refractivity contribution in [2.45, 2.75) is 38.4 Å². The summed E-state index contributed by atoms with van der Waals surface area (Å²) in [5, 5.41) is 2.21. The molecule has 10 heteroatoms. The average Bonchev–Trinajstić information content (AvgIpc) is 2.97. The Labute approximate surface area is 192 Å². The Hall–Kier alpha value is -3.20. The number of benzene rings is 1. The van der Waals surface area contributed by atoms with Gasteiger partial charge in [0.15, 0.2) is 5.78 Å². The third kappa shape index (κ3) is 3.70. The molecule has 2 amide bonds. The van der Waals surface area contributed by atoms with E-state index >= 15 is 0 Å². The Morgan fingerprint density at radius 3 is 2.24 bits per heavy atom. The molecule has 0 spiro atoms. The number of aromatic nitrogens is 1. The zero-order valence-corrected chi connectivity index (χ0v) is 18.4. The van der Waals surface area contributed by atoms with Crippen molar-refractivity contribution < 1.29 is 27.6 Å². The SMILES string of the molecule is CC1(C)CC(=O)C2=C(C1)N(c1ccc(Cl)cc1)C(=O)[C@]2(NC(=O)c1ccncc1)C(F)(F)F. The molecule has 0 saturated carbocycles. The number of nitrogens with one attached hydrogen (secondary N) is 1. The van der Waals surface area contributed by atoms with E-state index in [1.165, 1.54) is 48.8 Å². The summed E-state index contributed by atoms with van der Waals surface area (Å²) in [5.41, 5.74) is -5.02. The van der Waals surface area contributed by atoms with E-state index in [0.717, 1.165) is 4.90 Å². The van der Waals surface area contributed by atoms with Crippen LogP contribution in [0.2, 0.25) is 5.02 Å². The van der Waals surface area contributed by atoms with Crippen molar-refractivity contribution >= 4 is 34.9 Å². The molecule has 0 fully saturated rings. The maximum Gasteiger partial charge on any atom is 0.425 e. The minimum absolute atomic E-state index is 0.0331. The van der Waals surface area contributed by atoms with Crippen molar-refractivity contribution in [2.24, 2.45) is 5.41 Å². The van der Waals surface area contributed by atoms with Crippen LogP contribution in [0.4, 0.5) is 18.9 Å². The van der Waals surface area contributed by atoms with Crippen LogP contribution in [-0.4, -0.2) is 34.3 Å². The van der Waals surface area contributed by atoms with Gasteiger partial charge in [0.25, 0.3) is 11.8 Å². The molecule has 1 atom stereocenters. The van der Waals surface area contributed by atoms with Crippen LogP contribution < -0.4 is 10.2 Å². The highest BCUT2D eigenvalue weighted by atomic mass is 35.5. The first-order chi connectivity index (χ1) is 15.4. The van der Waals surface area contributed by atoms with Crippen molar-refractivity contribution in [1.82, 2.24) is 10.3 Å². The number of hydrogen-bond donors (Lipinski definition) is 1. The molecule has 2 aliphatic rings. The molecule has 4 rings (SSSR count). The third-order valence-electron chi connectivity index (χ3n) is 5.77. The quantitative estimate of drug-likeness (QED) is 0.708. The number of rotatable bonds is 3. The van der Waals surface area contributed by atoms with Crippen molar-refractivity contribution in [3.05, 3.63) is 70.6 Å². The first kappa shape index (κ1) is 23.0. The summed E-state index contributed by atoms with van der Waals surface area (Å²) in [4.78, 5) is 44.2. The number of carbonyl (C=O) groups is 3. The molecule has 6 nitrogen and oxygen atoms in total. The van der Waals surface area contributed by atoms with Gasteiger partial charge in [-0.25, -0.2) is 0 Å². The molecule has 33 heavy (non-hydrogen) atoms. The van der Waals surface area contributed by atoms with Crippen LogP contribution in [0.15, 0.2) is 60.1 Å². The van der Waals surface area contributed by atoms with Crippen LogP contribution in [0.5, 0.6) is 0 Å². The van der Waals surface area contributed by atoms with Gasteiger partial charge in [0, 0.05) is 40.8 Å². The number of pyridine rings is 1. The molecular weight excluding hydrogens is 459 g/mol. The van der Waals surface area contributed by atoms with Crippen molar-refractivity contribution in [3.8, 4) is 0 Å². The fourth-order valence-corrected chi connectivity index (χ4v) is 4.49. The Morgan fingerprint density at radius 1 is 1.06 bits per heavy atom. The van der Waals surface area contributed by atoms with E-state index in [9.17, 15) is 27.6 Å². The van der Waals surface area contributed by atoms with Crippen LogP contribution >= 0.6 is 11.6 Å². The first-order valence-corrected chi connectivity index (χ1v) is 10.4. The Bertz CT molecular complexity index is 1180. The number of hydrogen-bond acceptors (Lipinski definition) is 4. The summed E-state index contributed by atoms with van der Waals surface area (Å²) in [7, 11) is 0. The molecule has 1 N–H and O–H groups in total. The monoisotopic (exact) mass is 477 g/mol. The smallest absolute Gasteiger partial charge is 0.326 e. The molecule has 2 aromatic rings. The number of anilines is 1. The van der Waals surface area contributed by atoms with E-state index in [1.54, 1.807) is 13.8 Å². The average molecular weight is 478 g/mol. The molecule has 1 aliphatic heterocycles. The molecule has 0 unspecified atom stereocenters. The maximum atomic E-state index is 14.8. The zero-order valence-electron chi connectivity index (χ0n) is 17.7. The second-order valence-corrected chi connectivity index (χ2v) is 9.25. The molecule has 0 saturated heterocycles. The molecule has 1 aromatic heterocycles. The van der Waals surface area contributed by atoms with Crippen LogP contribution in [0.3, 0.4) is 0 Å². The predicted molar refractivity (Wildman–Crippen MR) is 114 cm³/mol. The molecule has 1 aromatic carbocycles. The highest BCUT2D eigenvalue weighted by Gasteiger charge is 2.72. The van der Waals surface area contributed by atoms with Crippen LogP contribution in [-0.2, 0) is 9.59 Å². The summed E-state index contributed by atoms with van der Waals surface area (Å²) in [6, 6.07) is 8.10. The van der Waals surface area contributed by atoms with Gasteiger partial charge in [-0.05, 0) is 48.2 Å². The highest BCUT2D eigenvalue weighted by molar-refractivity contribution is 6.30. The molecule has 1 aliphatic carbocycles. The lowest BCUT2D eigenvalue weighted by Gasteiger charge is -2.35. The van der Waals surface area contributed by atoms with Crippen LogP contribution in [0.1, 0.15) is 37.0 Å². The Balaban J connectivity index is 1.94. The van der Waals surface area contributed by atoms with Crippen molar-refractivity contribution in [3.63, 3.8) is 0 Å². The number of halogens is 4. The number of allylic oxidation sites excluding steroid dienone is 1. The third-order valence-corrected chi connectivity index (χ3v) is 6.03. The lowest BCUT2D eigenvalue weighted by Crippen LogP contribution is -2.66. The van der Waals surface area contributed by atoms with Crippen molar-refractivity contribution in [1.29, 1.82) is 0 Å². The largest absolute Gasteiger partial charge is 0.425 e. The maximum absolute atomic E-state index is 14.8. The minimum Gasteiger partial charge on any atom is -0.326 e. The number of carbonyl (C=O) groups excluding carboxylic acids is 3. The number of ketones is 1. The van der Waals surface area contributed by atoms with Gasteiger partial charge < -0.3 is 5.32 Å². The lowest BCUT2D eigenvalue weighted by atomic mass is 9.72. The lowest BCUT2D eigenvalue weighted by molar-refractivity contribution is -0.186. The van der Waals surface area contributed by atoms with E-state index in [4.69, 9.17) is 11.6 Å². The topological polar surface area (TPSA) is 79.4 Å². The van der Waals surface area contributed by atoms with E-state index in [2.05, 4.69) is 4.98 Å². The number of amides is 2. The molecule has 2 heterocycles. The van der Waals surface area contributed by atoms with E-state index in [0.29, 0.717) is 5.02 Å². The van der Waals surface area contributed by atoms with Gasteiger partial charge in [-0.1, -0.05) is 25.4 Å². The van der Waals surface area contributed by atoms with Gasteiger partial charge in [-0.3, -0.25) is 24.3 Å². The Morgan fingerprint density at radius 2 is 1.67 bits per heavy atom. The highest BCUT2D eigenvalue weighted by Crippen LogP contribution is 2.52. The normalized spacial score (nSPS) is 22.4. The van der Waals surface area contributed by atoms with Gasteiger partial charge >= 0.3 is 6.18 Å². The number of alkyl halides is 3. The summed E-state index contributed by atoms with van der Waals surface area (Å²) >= 11 is 5.91. The minimum atomic E-state index is -5.29. The molecule has 0 bridgehead atoms. The van der Waals surface area contributed by atoms with E-state index in [1.807, 2.05) is 5.32 Å². The summed E-state index contributed by atoms with van der Waals surface area (Å²) in [6.07, 6.45) is -2.97. The van der Waals surface area contributed by atoms with Gasteiger partial charge in [0.1, 0.15) is 0 Å². The summed E-state index contributed by atoms with van der Waals surface area (Å²) in [6.45, 7) is 3.48. The predicted octanol–water partition coefficient (Wildman–Crippen LogP) is 4.46. The molecule has 0 radical (unpaired) electrons.